The summed E-state index contributed by atoms with van der Waals surface area (Å²) >= 11 is 0. The van der Waals surface area contributed by atoms with Crippen LogP contribution in [0.1, 0.15) is 58.1 Å². The van der Waals surface area contributed by atoms with Gasteiger partial charge in [-0.3, -0.25) is 14.0 Å². The number of hydrogen-bond donors (Lipinski definition) is 0. The second kappa shape index (κ2) is 7.61. The van der Waals surface area contributed by atoms with Crippen LogP contribution in [0.2, 0.25) is 0 Å². The fraction of sp³-hybridized carbons (Fsp3) is 0.684. The Hall–Kier alpha value is -0.470. The lowest BCUT2D eigenvalue weighted by molar-refractivity contribution is 0.210. The van der Waals surface area contributed by atoms with Gasteiger partial charge in [0.15, 0.2) is 0 Å². The maximum absolute atomic E-state index is 2.82. The van der Waals surface area contributed by atoms with Gasteiger partial charge in [0.25, 0.3) is 0 Å². The van der Waals surface area contributed by atoms with Crippen molar-refractivity contribution in [2.75, 3.05) is 20.1 Å². The van der Waals surface area contributed by atoms with Gasteiger partial charge in [0.1, 0.15) is 8.37 Å². The Bertz CT molecular complexity index is 475. The van der Waals surface area contributed by atoms with E-state index in [4.69, 9.17) is 0 Å². The van der Waals surface area contributed by atoms with Crippen molar-refractivity contribution in [3.05, 3.63) is 35.9 Å². The van der Waals surface area contributed by atoms with E-state index in [0.717, 1.165) is 12.1 Å². The highest BCUT2D eigenvalue weighted by molar-refractivity contribution is 7.50. The number of hydrogen-bond acceptors (Lipinski definition) is 3. The summed E-state index contributed by atoms with van der Waals surface area (Å²) in [6.45, 7) is 9.41. The number of nitrogens with zero attached hydrogens (tertiary/aromatic N) is 3. The molecule has 0 aromatic heterocycles. The van der Waals surface area contributed by atoms with Crippen LogP contribution in [0.4, 0.5) is 0 Å². The van der Waals surface area contributed by atoms with Crippen molar-refractivity contribution < 1.29 is 0 Å². The first-order chi connectivity index (χ1) is 11.2. The highest BCUT2D eigenvalue weighted by Crippen LogP contribution is 2.60. The summed E-state index contributed by atoms with van der Waals surface area (Å²) < 4.78 is 8.29. The highest BCUT2D eigenvalue weighted by Gasteiger charge is 2.49. The van der Waals surface area contributed by atoms with E-state index in [1.54, 1.807) is 0 Å². The Labute approximate surface area is 143 Å². The Morgan fingerprint density at radius 1 is 1.04 bits per heavy atom. The van der Waals surface area contributed by atoms with Crippen LogP contribution >= 0.6 is 8.37 Å². The van der Waals surface area contributed by atoms with Crippen LogP contribution in [0, 0.1) is 0 Å². The van der Waals surface area contributed by atoms with Crippen LogP contribution in [0.3, 0.4) is 0 Å². The van der Waals surface area contributed by atoms with E-state index < -0.39 is 0 Å². The number of fused-ring (bicyclic) bond motifs is 1. The largest absolute Gasteiger partial charge is 0.253 e. The Morgan fingerprint density at radius 3 is 2.04 bits per heavy atom. The molecule has 23 heavy (non-hydrogen) atoms. The molecule has 0 N–H and O–H groups in total. The number of benzene rings is 1. The third kappa shape index (κ3) is 3.22. The average Bonchev–Trinajstić information content (AvgIpc) is 2.94. The molecule has 1 saturated heterocycles. The summed E-state index contributed by atoms with van der Waals surface area (Å²) in [5.41, 5.74) is 1.43. The van der Waals surface area contributed by atoms with Crippen molar-refractivity contribution >= 4 is 8.37 Å². The molecule has 2 aliphatic rings. The summed E-state index contributed by atoms with van der Waals surface area (Å²) in [5.74, 6) is 0. The molecule has 1 aromatic rings. The second-order valence-electron chi connectivity index (χ2n) is 6.86. The third-order valence-corrected chi connectivity index (χ3v) is 8.68. The normalized spacial score (nSPS) is 28.2. The van der Waals surface area contributed by atoms with Crippen LogP contribution in [-0.2, 0) is 0 Å². The maximum atomic E-state index is 2.82. The molecule has 3 nitrogen and oxygen atoms in total. The molecule has 1 heterocycles. The molecule has 0 bridgehead atoms. The zero-order chi connectivity index (χ0) is 16.4. The van der Waals surface area contributed by atoms with Gasteiger partial charge in [-0.05, 0) is 32.4 Å². The smallest absolute Gasteiger partial charge is 0.121 e. The van der Waals surface area contributed by atoms with Gasteiger partial charge in [-0.1, -0.05) is 57.0 Å². The molecule has 1 aromatic carbocycles. The molecule has 1 aliphatic carbocycles. The van der Waals surface area contributed by atoms with Crippen molar-refractivity contribution in [1.29, 1.82) is 0 Å². The van der Waals surface area contributed by atoms with Gasteiger partial charge in [0, 0.05) is 31.2 Å². The predicted octanol–water partition coefficient (Wildman–Crippen LogP) is 4.87. The number of likely N-dealkylation sites (N-methyl/N-ethyl adjacent to an activating group) is 2. The Balaban J connectivity index is 1.86. The summed E-state index contributed by atoms with van der Waals surface area (Å²) in [6.07, 6.45) is 5.61. The first kappa shape index (κ1) is 17.4. The Morgan fingerprint density at radius 2 is 1.57 bits per heavy atom. The zero-order valence-electron chi connectivity index (χ0n) is 15.2. The molecule has 3 atom stereocenters. The fourth-order valence-electron chi connectivity index (χ4n) is 4.39. The Kier molecular flexibility index (Phi) is 5.74. The second-order valence-corrected chi connectivity index (χ2v) is 9.05. The lowest BCUT2D eigenvalue weighted by Crippen LogP contribution is -2.39. The van der Waals surface area contributed by atoms with Crippen LogP contribution in [0.15, 0.2) is 30.3 Å². The van der Waals surface area contributed by atoms with Gasteiger partial charge in [0.05, 0.1) is 0 Å². The first-order valence-electron chi connectivity index (χ1n) is 9.30. The molecule has 1 saturated carbocycles. The van der Waals surface area contributed by atoms with E-state index in [1.165, 1.54) is 44.3 Å². The summed E-state index contributed by atoms with van der Waals surface area (Å²) in [5, 5.41) is 0. The molecule has 3 rings (SSSR count). The molecule has 4 heteroatoms. The minimum Gasteiger partial charge on any atom is -0.253 e. The number of rotatable bonds is 5. The standard InChI is InChI=1S/C19H32N3P/c1-5-21-18-14-10-11-15-19(18)22(6-2)23(21)20(4)16(3)17-12-8-7-9-13-17/h7-9,12-13,16,18-19H,5-6,10-11,14-15H2,1-4H3/t16-,18+,19+/m0/s1. The monoisotopic (exact) mass is 333 g/mol. The minimum atomic E-state index is -0.347. The average molecular weight is 333 g/mol. The molecule has 0 amide bonds. The molecular formula is C19H32N3P. The summed E-state index contributed by atoms with van der Waals surface area (Å²) in [4.78, 5) is 0. The summed E-state index contributed by atoms with van der Waals surface area (Å²) in [7, 11) is 1.99. The van der Waals surface area contributed by atoms with Gasteiger partial charge in [-0.15, -0.1) is 0 Å². The summed E-state index contributed by atoms with van der Waals surface area (Å²) in [6, 6.07) is 13.0. The van der Waals surface area contributed by atoms with Crippen LogP contribution < -0.4 is 0 Å². The molecule has 0 unspecified atom stereocenters. The highest BCUT2D eigenvalue weighted by atomic mass is 31.2. The minimum absolute atomic E-state index is 0.347. The van der Waals surface area contributed by atoms with E-state index in [-0.39, 0.29) is 8.37 Å². The molecule has 1 aliphatic heterocycles. The fourth-order valence-corrected chi connectivity index (χ4v) is 7.43. The molecule has 2 fully saturated rings. The van der Waals surface area contributed by atoms with Gasteiger partial charge in [0.2, 0.25) is 0 Å². The predicted molar refractivity (Wildman–Crippen MR) is 100 cm³/mol. The molecule has 0 radical (unpaired) electrons. The van der Waals surface area contributed by atoms with Crippen LogP contribution in [0.25, 0.3) is 0 Å². The quantitative estimate of drug-likeness (QED) is 0.711. The van der Waals surface area contributed by atoms with E-state index in [2.05, 4.69) is 72.2 Å². The van der Waals surface area contributed by atoms with Crippen LogP contribution in [0.5, 0.6) is 0 Å². The van der Waals surface area contributed by atoms with Gasteiger partial charge >= 0.3 is 0 Å². The van der Waals surface area contributed by atoms with E-state index in [9.17, 15) is 0 Å². The van der Waals surface area contributed by atoms with Crippen LogP contribution in [-0.4, -0.2) is 46.2 Å². The molecule has 128 valence electrons. The zero-order valence-corrected chi connectivity index (χ0v) is 16.0. The van der Waals surface area contributed by atoms with Crippen molar-refractivity contribution in [2.24, 2.45) is 0 Å². The van der Waals surface area contributed by atoms with Crippen molar-refractivity contribution in [1.82, 2.24) is 14.0 Å². The topological polar surface area (TPSA) is 9.72 Å². The van der Waals surface area contributed by atoms with Crippen molar-refractivity contribution in [3.8, 4) is 0 Å². The lowest BCUT2D eigenvalue weighted by atomic mass is 9.90. The van der Waals surface area contributed by atoms with Crippen molar-refractivity contribution in [2.45, 2.75) is 64.6 Å². The SMILES string of the molecule is CCN1[C@@H]2CCCC[C@H]2N(CC)P1N(C)[C@@H](C)c1ccccc1. The van der Waals surface area contributed by atoms with Gasteiger partial charge in [-0.2, -0.15) is 0 Å². The molecule has 0 spiro atoms. The van der Waals surface area contributed by atoms with E-state index in [1.807, 2.05) is 0 Å². The van der Waals surface area contributed by atoms with E-state index >= 15 is 0 Å². The maximum Gasteiger partial charge on any atom is 0.121 e. The van der Waals surface area contributed by atoms with Crippen molar-refractivity contribution in [3.63, 3.8) is 0 Å². The third-order valence-electron chi connectivity index (χ3n) is 5.69. The van der Waals surface area contributed by atoms with Gasteiger partial charge in [-0.25, -0.2) is 0 Å². The first-order valence-corrected chi connectivity index (χ1v) is 10.5. The molecular weight excluding hydrogens is 301 g/mol. The lowest BCUT2D eigenvalue weighted by Gasteiger charge is -2.40. The van der Waals surface area contributed by atoms with Gasteiger partial charge < -0.3 is 0 Å². The van der Waals surface area contributed by atoms with E-state index in [0.29, 0.717) is 6.04 Å².